The molecular formula is C15H15N3O3S. The number of carbonyl (C=O) groups is 1. The second-order valence-corrected chi connectivity index (χ2v) is 6.68. The lowest BCUT2D eigenvalue weighted by atomic mass is 10.2. The van der Waals surface area contributed by atoms with Crippen molar-refractivity contribution in [3.8, 4) is 0 Å². The number of hydrogen-bond acceptors (Lipinski definition) is 4. The van der Waals surface area contributed by atoms with Gasteiger partial charge in [0.05, 0.1) is 5.69 Å². The lowest BCUT2D eigenvalue weighted by Gasteiger charge is -2.17. The molecule has 0 spiro atoms. The zero-order valence-corrected chi connectivity index (χ0v) is 12.6. The largest absolute Gasteiger partial charge is 0.312 e. The van der Waals surface area contributed by atoms with Gasteiger partial charge in [-0.15, -0.1) is 0 Å². The topological polar surface area (TPSA) is 79.4 Å². The lowest BCUT2D eigenvalue weighted by molar-refractivity contribution is -0.117. The van der Waals surface area contributed by atoms with Crippen molar-refractivity contribution in [3.05, 3.63) is 48.8 Å². The van der Waals surface area contributed by atoms with Crippen LogP contribution in [0.3, 0.4) is 0 Å². The van der Waals surface area contributed by atoms with Crippen molar-refractivity contribution >= 4 is 27.3 Å². The predicted molar refractivity (Wildman–Crippen MR) is 83.1 cm³/mol. The maximum atomic E-state index is 12.3. The van der Waals surface area contributed by atoms with E-state index in [9.17, 15) is 13.2 Å². The quantitative estimate of drug-likeness (QED) is 0.935. The summed E-state index contributed by atoms with van der Waals surface area (Å²) in [6.45, 7) is 0.664. The van der Waals surface area contributed by atoms with E-state index in [1.54, 1.807) is 35.2 Å². The van der Waals surface area contributed by atoms with Gasteiger partial charge in [-0.25, -0.2) is 8.42 Å². The first-order valence-electron chi connectivity index (χ1n) is 6.89. The van der Waals surface area contributed by atoms with Crippen molar-refractivity contribution < 1.29 is 13.2 Å². The number of pyridine rings is 1. The minimum absolute atomic E-state index is 0.0623. The van der Waals surface area contributed by atoms with Crippen molar-refractivity contribution in [2.24, 2.45) is 0 Å². The summed E-state index contributed by atoms with van der Waals surface area (Å²) in [5, 5.41) is 0. The Morgan fingerprint density at radius 1 is 1.18 bits per heavy atom. The fraction of sp³-hybridized carbons (Fsp3) is 0.200. The molecule has 1 aromatic heterocycles. The average molecular weight is 317 g/mol. The highest BCUT2D eigenvalue weighted by Gasteiger charge is 2.22. The Morgan fingerprint density at radius 3 is 2.73 bits per heavy atom. The van der Waals surface area contributed by atoms with Gasteiger partial charge in [-0.05, 0) is 36.8 Å². The first kappa shape index (κ1) is 14.5. The standard InChI is InChI=1S/C15H15N3O3S/c19-15-7-3-9-18(15)13-5-1-4-12(10-13)17-22(20,21)14-6-2-8-16-11-14/h1-2,4-6,8,10-11,17H,3,7,9H2. The van der Waals surface area contributed by atoms with E-state index in [0.717, 1.165) is 6.42 Å². The van der Waals surface area contributed by atoms with Crippen molar-refractivity contribution in [1.29, 1.82) is 0 Å². The van der Waals surface area contributed by atoms with Crippen LogP contribution in [0.25, 0.3) is 0 Å². The summed E-state index contributed by atoms with van der Waals surface area (Å²) in [5.41, 5.74) is 1.12. The minimum atomic E-state index is -3.68. The molecule has 0 aliphatic carbocycles. The molecule has 1 aliphatic heterocycles. The van der Waals surface area contributed by atoms with E-state index in [0.29, 0.717) is 24.3 Å². The summed E-state index contributed by atoms with van der Waals surface area (Å²) in [6, 6.07) is 9.87. The van der Waals surface area contributed by atoms with Gasteiger partial charge in [0.15, 0.2) is 0 Å². The van der Waals surface area contributed by atoms with Gasteiger partial charge in [0, 0.05) is 31.0 Å². The third kappa shape index (κ3) is 2.94. The number of nitrogens with zero attached hydrogens (tertiary/aromatic N) is 2. The third-order valence-corrected chi connectivity index (χ3v) is 4.79. The molecule has 0 atom stereocenters. The van der Waals surface area contributed by atoms with Gasteiger partial charge < -0.3 is 4.90 Å². The van der Waals surface area contributed by atoms with Crippen molar-refractivity contribution in [1.82, 2.24) is 4.98 Å². The average Bonchev–Trinajstić information content (AvgIpc) is 2.94. The molecule has 6 nitrogen and oxygen atoms in total. The number of rotatable bonds is 4. The highest BCUT2D eigenvalue weighted by molar-refractivity contribution is 7.92. The van der Waals surface area contributed by atoms with Crippen LogP contribution in [0.1, 0.15) is 12.8 Å². The second-order valence-electron chi connectivity index (χ2n) is 4.99. The van der Waals surface area contributed by atoms with E-state index in [2.05, 4.69) is 9.71 Å². The SMILES string of the molecule is O=C1CCCN1c1cccc(NS(=O)(=O)c2cccnc2)c1. The highest BCUT2D eigenvalue weighted by Crippen LogP contribution is 2.25. The molecule has 2 aromatic rings. The highest BCUT2D eigenvalue weighted by atomic mass is 32.2. The zero-order valence-electron chi connectivity index (χ0n) is 11.8. The van der Waals surface area contributed by atoms with Gasteiger partial charge >= 0.3 is 0 Å². The van der Waals surface area contributed by atoms with E-state index in [4.69, 9.17) is 0 Å². The van der Waals surface area contributed by atoms with Crippen LogP contribution in [0.2, 0.25) is 0 Å². The van der Waals surface area contributed by atoms with E-state index in [-0.39, 0.29) is 10.8 Å². The molecule has 3 rings (SSSR count). The molecule has 1 fully saturated rings. The van der Waals surface area contributed by atoms with Crippen LogP contribution in [-0.2, 0) is 14.8 Å². The summed E-state index contributed by atoms with van der Waals surface area (Å²) in [7, 11) is -3.68. The number of benzene rings is 1. The number of carbonyl (C=O) groups excluding carboxylic acids is 1. The van der Waals surface area contributed by atoms with E-state index >= 15 is 0 Å². The number of hydrogen-bond donors (Lipinski definition) is 1. The first-order valence-corrected chi connectivity index (χ1v) is 8.38. The van der Waals surface area contributed by atoms with Gasteiger partial charge in [-0.1, -0.05) is 6.07 Å². The summed E-state index contributed by atoms with van der Waals surface area (Å²) >= 11 is 0. The maximum absolute atomic E-state index is 12.3. The molecule has 2 heterocycles. The van der Waals surface area contributed by atoms with E-state index < -0.39 is 10.0 Å². The Balaban J connectivity index is 1.86. The van der Waals surface area contributed by atoms with Crippen molar-refractivity contribution in [2.45, 2.75) is 17.7 Å². The molecule has 0 saturated carbocycles. The molecule has 0 bridgehead atoms. The number of anilines is 2. The summed E-state index contributed by atoms with van der Waals surface area (Å²) in [5.74, 6) is 0.0623. The van der Waals surface area contributed by atoms with Crippen LogP contribution in [0.4, 0.5) is 11.4 Å². The summed E-state index contributed by atoms with van der Waals surface area (Å²) < 4.78 is 27.0. The Labute approximate surface area is 128 Å². The van der Waals surface area contributed by atoms with Crippen LogP contribution < -0.4 is 9.62 Å². The van der Waals surface area contributed by atoms with E-state index in [1.165, 1.54) is 18.5 Å². The van der Waals surface area contributed by atoms with Crippen LogP contribution >= 0.6 is 0 Å². The zero-order chi connectivity index (χ0) is 15.6. The number of sulfonamides is 1. The number of aromatic nitrogens is 1. The van der Waals surface area contributed by atoms with E-state index in [1.807, 2.05) is 0 Å². The summed E-state index contributed by atoms with van der Waals surface area (Å²) in [4.78, 5) is 17.3. The van der Waals surface area contributed by atoms with Crippen LogP contribution in [0.5, 0.6) is 0 Å². The molecule has 1 saturated heterocycles. The third-order valence-electron chi connectivity index (χ3n) is 3.43. The molecule has 1 N–H and O–H groups in total. The molecule has 114 valence electrons. The Kier molecular flexibility index (Phi) is 3.81. The van der Waals surface area contributed by atoms with Crippen LogP contribution in [-0.4, -0.2) is 25.9 Å². The predicted octanol–water partition coefficient (Wildman–Crippen LogP) is 2.01. The first-order chi connectivity index (χ1) is 10.6. The molecule has 1 aromatic carbocycles. The number of amides is 1. The van der Waals surface area contributed by atoms with Crippen molar-refractivity contribution in [3.63, 3.8) is 0 Å². The van der Waals surface area contributed by atoms with Gasteiger partial charge in [0.1, 0.15) is 4.90 Å². The van der Waals surface area contributed by atoms with Crippen LogP contribution in [0.15, 0.2) is 53.7 Å². The van der Waals surface area contributed by atoms with Gasteiger partial charge in [0.25, 0.3) is 10.0 Å². The lowest BCUT2D eigenvalue weighted by Crippen LogP contribution is -2.23. The molecule has 0 unspecified atom stereocenters. The molecule has 1 aliphatic rings. The fourth-order valence-electron chi connectivity index (χ4n) is 2.38. The molecule has 1 amide bonds. The molecule has 22 heavy (non-hydrogen) atoms. The fourth-order valence-corrected chi connectivity index (χ4v) is 3.39. The van der Waals surface area contributed by atoms with Gasteiger partial charge in [-0.3, -0.25) is 14.5 Å². The normalized spacial score (nSPS) is 15.1. The minimum Gasteiger partial charge on any atom is -0.312 e. The van der Waals surface area contributed by atoms with Gasteiger partial charge in [0.2, 0.25) is 5.91 Å². The molecule has 7 heteroatoms. The maximum Gasteiger partial charge on any atom is 0.263 e. The van der Waals surface area contributed by atoms with Gasteiger partial charge in [-0.2, -0.15) is 0 Å². The van der Waals surface area contributed by atoms with Crippen molar-refractivity contribution in [2.75, 3.05) is 16.2 Å². The summed E-state index contributed by atoms with van der Waals surface area (Å²) in [6.07, 6.45) is 4.16. The molecule has 0 radical (unpaired) electrons. The Hall–Kier alpha value is -2.41. The Morgan fingerprint density at radius 2 is 2.05 bits per heavy atom. The number of nitrogens with one attached hydrogen (secondary N) is 1. The Bertz CT molecular complexity index is 791. The monoisotopic (exact) mass is 317 g/mol. The second kappa shape index (κ2) is 5.76. The van der Waals surface area contributed by atoms with Crippen LogP contribution in [0, 0.1) is 0 Å². The molecular weight excluding hydrogens is 302 g/mol. The smallest absolute Gasteiger partial charge is 0.263 e.